The molecule has 0 heterocycles. The van der Waals surface area contributed by atoms with Gasteiger partial charge in [0.15, 0.2) is 0 Å². The molecule has 20 heavy (non-hydrogen) atoms. The third-order valence-electron chi connectivity index (χ3n) is 2.68. The van der Waals surface area contributed by atoms with Crippen LogP contribution in [0.2, 0.25) is 0 Å². The second-order valence-electron chi connectivity index (χ2n) is 4.10. The molecule has 0 bridgehead atoms. The van der Waals surface area contributed by atoms with Gasteiger partial charge in [0.05, 0.1) is 28.6 Å². The average Bonchev–Trinajstić information content (AvgIpc) is 2.42. The van der Waals surface area contributed by atoms with Crippen LogP contribution in [0.15, 0.2) is 36.4 Å². The van der Waals surface area contributed by atoms with E-state index in [-0.39, 0.29) is 16.8 Å². The topological polar surface area (TPSA) is 105 Å². The number of hydrogen-bond donors (Lipinski definition) is 3. The van der Waals surface area contributed by atoms with Crippen molar-refractivity contribution < 1.29 is 9.18 Å². The van der Waals surface area contributed by atoms with Crippen molar-refractivity contribution >= 4 is 23.0 Å². The van der Waals surface area contributed by atoms with E-state index < -0.39 is 11.7 Å². The molecule has 0 aliphatic heterocycles. The average molecular weight is 270 g/mol. The van der Waals surface area contributed by atoms with Crippen molar-refractivity contribution in [2.45, 2.75) is 0 Å². The van der Waals surface area contributed by atoms with Crippen molar-refractivity contribution in [3.05, 3.63) is 53.3 Å². The Balaban J connectivity index is 2.40. The molecule has 0 radical (unpaired) electrons. The number of benzene rings is 2. The maximum Gasteiger partial charge on any atom is 0.250 e. The van der Waals surface area contributed by atoms with E-state index in [1.165, 1.54) is 24.3 Å². The molecule has 0 spiro atoms. The van der Waals surface area contributed by atoms with Crippen LogP contribution in [0.4, 0.5) is 21.5 Å². The van der Waals surface area contributed by atoms with Gasteiger partial charge < -0.3 is 16.8 Å². The number of nitrogen functional groups attached to an aromatic ring is 1. The molecule has 5 nitrogen and oxygen atoms in total. The fourth-order valence-corrected chi connectivity index (χ4v) is 1.71. The van der Waals surface area contributed by atoms with E-state index in [4.69, 9.17) is 16.7 Å². The molecule has 6 heteroatoms. The van der Waals surface area contributed by atoms with Crippen molar-refractivity contribution in [3.63, 3.8) is 0 Å². The van der Waals surface area contributed by atoms with Gasteiger partial charge in [-0.3, -0.25) is 4.79 Å². The van der Waals surface area contributed by atoms with Crippen LogP contribution in [0, 0.1) is 17.1 Å². The van der Waals surface area contributed by atoms with E-state index in [9.17, 15) is 9.18 Å². The molecule has 0 fully saturated rings. The fraction of sp³-hybridized carbons (Fsp3) is 0. The van der Waals surface area contributed by atoms with Gasteiger partial charge in [-0.15, -0.1) is 0 Å². The lowest BCUT2D eigenvalue weighted by molar-refractivity contribution is 0.100. The van der Waals surface area contributed by atoms with Crippen LogP contribution in [-0.4, -0.2) is 5.91 Å². The van der Waals surface area contributed by atoms with Gasteiger partial charge in [-0.2, -0.15) is 5.26 Å². The van der Waals surface area contributed by atoms with E-state index in [2.05, 4.69) is 5.32 Å². The summed E-state index contributed by atoms with van der Waals surface area (Å²) in [6, 6.07) is 10.3. The number of rotatable bonds is 3. The Hall–Kier alpha value is -3.07. The highest BCUT2D eigenvalue weighted by Crippen LogP contribution is 2.25. The summed E-state index contributed by atoms with van der Waals surface area (Å²) in [7, 11) is 0. The van der Waals surface area contributed by atoms with E-state index in [0.717, 1.165) is 6.07 Å². The number of nitrogens with one attached hydrogen (secondary N) is 1. The zero-order valence-electron chi connectivity index (χ0n) is 10.4. The number of amides is 1. The summed E-state index contributed by atoms with van der Waals surface area (Å²) in [5.41, 5.74) is 12.1. The van der Waals surface area contributed by atoms with E-state index >= 15 is 0 Å². The molecule has 0 atom stereocenters. The molecule has 0 aromatic heterocycles. The third-order valence-corrected chi connectivity index (χ3v) is 2.68. The molecule has 0 saturated heterocycles. The summed E-state index contributed by atoms with van der Waals surface area (Å²) in [6.45, 7) is 0. The lowest BCUT2D eigenvalue weighted by Crippen LogP contribution is -2.14. The highest BCUT2D eigenvalue weighted by atomic mass is 19.1. The van der Waals surface area contributed by atoms with Gasteiger partial charge in [-0.05, 0) is 36.4 Å². The number of carbonyl (C=O) groups excluding carboxylic acids is 1. The first-order valence-corrected chi connectivity index (χ1v) is 5.67. The van der Waals surface area contributed by atoms with Gasteiger partial charge >= 0.3 is 0 Å². The Morgan fingerprint density at radius 3 is 2.50 bits per heavy atom. The summed E-state index contributed by atoms with van der Waals surface area (Å²) in [4.78, 5) is 11.3. The highest BCUT2D eigenvalue weighted by molar-refractivity contribution is 6.00. The number of anilines is 3. The molecule has 2 aromatic rings. The SMILES string of the molecule is N#Cc1ccc(Nc2ccc(N)cc2C(N)=O)c(F)c1. The van der Waals surface area contributed by atoms with Gasteiger partial charge in [0.2, 0.25) is 0 Å². The van der Waals surface area contributed by atoms with Gasteiger partial charge in [0.1, 0.15) is 5.82 Å². The molecule has 2 aromatic carbocycles. The van der Waals surface area contributed by atoms with Crippen molar-refractivity contribution in [2.75, 3.05) is 11.1 Å². The minimum absolute atomic E-state index is 0.135. The van der Waals surface area contributed by atoms with E-state index in [1.807, 2.05) is 6.07 Å². The van der Waals surface area contributed by atoms with Crippen molar-refractivity contribution in [1.82, 2.24) is 0 Å². The van der Waals surface area contributed by atoms with Crippen molar-refractivity contribution in [3.8, 4) is 6.07 Å². The number of hydrogen-bond acceptors (Lipinski definition) is 4. The van der Waals surface area contributed by atoms with Crippen molar-refractivity contribution in [2.24, 2.45) is 5.73 Å². The highest BCUT2D eigenvalue weighted by Gasteiger charge is 2.11. The normalized spacial score (nSPS) is 9.80. The van der Waals surface area contributed by atoms with Crippen LogP contribution in [0.5, 0.6) is 0 Å². The second-order valence-corrected chi connectivity index (χ2v) is 4.10. The molecule has 5 N–H and O–H groups in total. The Morgan fingerprint density at radius 2 is 1.90 bits per heavy atom. The van der Waals surface area contributed by atoms with E-state index in [0.29, 0.717) is 11.4 Å². The van der Waals surface area contributed by atoms with Crippen LogP contribution in [-0.2, 0) is 0 Å². The zero-order chi connectivity index (χ0) is 14.7. The Labute approximate surface area is 114 Å². The van der Waals surface area contributed by atoms with Crippen LogP contribution in [0.3, 0.4) is 0 Å². The molecule has 2 rings (SSSR count). The summed E-state index contributed by atoms with van der Waals surface area (Å²) >= 11 is 0. The smallest absolute Gasteiger partial charge is 0.250 e. The first kappa shape index (κ1) is 13.4. The Bertz CT molecular complexity index is 722. The monoisotopic (exact) mass is 270 g/mol. The first-order valence-electron chi connectivity index (χ1n) is 5.67. The van der Waals surface area contributed by atoms with Crippen LogP contribution < -0.4 is 16.8 Å². The summed E-state index contributed by atoms with van der Waals surface area (Å²) in [6.07, 6.45) is 0. The maximum absolute atomic E-state index is 13.8. The molecule has 0 aliphatic carbocycles. The molecule has 0 aliphatic rings. The number of primary amides is 1. The lowest BCUT2D eigenvalue weighted by Gasteiger charge is -2.11. The van der Waals surface area contributed by atoms with Gasteiger partial charge in [-0.25, -0.2) is 4.39 Å². The second kappa shape index (κ2) is 5.28. The molecule has 0 saturated carbocycles. The summed E-state index contributed by atoms with van der Waals surface area (Å²) < 4.78 is 13.8. The minimum atomic E-state index is -0.672. The van der Waals surface area contributed by atoms with Gasteiger partial charge in [0.25, 0.3) is 5.91 Å². The van der Waals surface area contributed by atoms with Crippen LogP contribution in [0.25, 0.3) is 0 Å². The third kappa shape index (κ3) is 2.67. The molecular weight excluding hydrogens is 259 g/mol. The summed E-state index contributed by atoms with van der Waals surface area (Å²) in [5.74, 6) is -1.27. The number of nitriles is 1. The summed E-state index contributed by atoms with van der Waals surface area (Å²) in [5, 5.41) is 11.4. The predicted molar refractivity (Wildman–Crippen MR) is 73.8 cm³/mol. The van der Waals surface area contributed by atoms with Crippen LogP contribution in [0.1, 0.15) is 15.9 Å². The first-order chi connectivity index (χ1) is 9.51. The van der Waals surface area contributed by atoms with Crippen LogP contribution >= 0.6 is 0 Å². The standard InChI is InChI=1S/C14H11FN4O/c15-11-5-8(7-16)1-3-13(11)19-12-4-2-9(17)6-10(12)14(18)20/h1-6,19H,17H2,(H2,18,20). The van der Waals surface area contributed by atoms with Gasteiger partial charge in [0, 0.05) is 5.69 Å². The zero-order valence-corrected chi connectivity index (χ0v) is 10.4. The molecule has 100 valence electrons. The predicted octanol–water partition coefficient (Wildman–Crippen LogP) is 2.12. The lowest BCUT2D eigenvalue weighted by atomic mass is 10.1. The quantitative estimate of drug-likeness (QED) is 0.743. The largest absolute Gasteiger partial charge is 0.399 e. The number of nitrogens with zero attached hydrogens (tertiary/aromatic N) is 1. The number of carbonyl (C=O) groups is 1. The van der Waals surface area contributed by atoms with Gasteiger partial charge in [-0.1, -0.05) is 0 Å². The molecule has 1 amide bonds. The van der Waals surface area contributed by atoms with Crippen molar-refractivity contribution in [1.29, 1.82) is 5.26 Å². The Kier molecular flexibility index (Phi) is 3.53. The Morgan fingerprint density at radius 1 is 1.20 bits per heavy atom. The number of nitrogens with two attached hydrogens (primary N) is 2. The fourth-order valence-electron chi connectivity index (χ4n) is 1.71. The maximum atomic E-state index is 13.8. The molecular formula is C14H11FN4O. The molecule has 0 unspecified atom stereocenters. The van der Waals surface area contributed by atoms with E-state index in [1.54, 1.807) is 6.07 Å². The number of halogens is 1. The minimum Gasteiger partial charge on any atom is -0.399 e.